The number of aryl methyl sites for hydroxylation is 1. The van der Waals surface area contributed by atoms with Gasteiger partial charge in [0, 0.05) is 31.1 Å². The lowest BCUT2D eigenvalue weighted by Crippen LogP contribution is -2.40. The summed E-state index contributed by atoms with van der Waals surface area (Å²) in [4.78, 5) is 16.4. The smallest absolute Gasteiger partial charge is 0.422 e. The number of ether oxygens (including phenoxy) is 1. The van der Waals surface area contributed by atoms with Gasteiger partial charge in [-0.3, -0.25) is 4.79 Å². The van der Waals surface area contributed by atoms with E-state index in [9.17, 15) is 18.0 Å². The van der Waals surface area contributed by atoms with Crippen molar-refractivity contribution in [1.82, 2.24) is 16.0 Å². The summed E-state index contributed by atoms with van der Waals surface area (Å²) in [5.41, 5.74) is 1.36. The van der Waals surface area contributed by atoms with Crippen LogP contribution in [-0.2, 0) is 11.3 Å². The van der Waals surface area contributed by atoms with Gasteiger partial charge in [-0.15, -0.1) is 24.0 Å². The summed E-state index contributed by atoms with van der Waals surface area (Å²) < 4.78 is 42.5. The number of carbonyl (C=O) groups excluding carboxylic acids is 1. The largest absolute Gasteiger partial charge is 0.484 e. The topological polar surface area (TPSA) is 74.8 Å². The molecule has 1 aromatic rings. The Morgan fingerprint density at radius 2 is 1.94 bits per heavy atom. The minimum Gasteiger partial charge on any atom is -0.484 e. The molecule has 31 heavy (non-hydrogen) atoms. The minimum atomic E-state index is -4.40. The summed E-state index contributed by atoms with van der Waals surface area (Å²) in [6, 6.07) is 5.38. The number of aliphatic imine (C=N–C) groups is 1. The van der Waals surface area contributed by atoms with Gasteiger partial charge in [-0.2, -0.15) is 13.2 Å². The van der Waals surface area contributed by atoms with Crippen molar-refractivity contribution >= 4 is 35.8 Å². The molecule has 0 saturated heterocycles. The fraction of sp³-hybridized carbons (Fsp3) is 0.619. The Morgan fingerprint density at radius 1 is 1.23 bits per heavy atom. The van der Waals surface area contributed by atoms with E-state index in [2.05, 4.69) is 20.9 Å². The molecule has 1 aromatic carbocycles. The molecule has 0 heterocycles. The number of halogens is 4. The molecule has 1 fully saturated rings. The molecule has 1 saturated carbocycles. The zero-order chi connectivity index (χ0) is 22.0. The van der Waals surface area contributed by atoms with E-state index >= 15 is 0 Å². The van der Waals surface area contributed by atoms with Crippen molar-refractivity contribution in [3.63, 3.8) is 0 Å². The van der Waals surface area contributed by atoms with Crippen molar-refractivity contribution in [2.24, 2.45) is 4.99 Å². The molecule has 3 N–H and O–H groups in total. The summed E-state index contributed by atoms with van der Waals surface area (Å²) in [5, 5.41) is 9.20. The SMILES string of the molecule is CCNC(=NCc1ccc(C)cc1OCC(F)(F)F)NCCC(=O)NC1CCCC1.I. The van der Waals surface area contributed by atoms with Crippen molar-refractivity contribution in [1.29, 1.82) is 0 Å². The summed E-state index contributed by atoms with van der Waals surface area (Å²) in [5.74, 6) is 0.669. The number of benzene rings is 1. The molecule has 1 aliphatic carbocycles. The lowest BCUT2D eigenvalue weighted by atomic mass is 10.1. The number of amides is 1. The van der Waals surface area contributed by atoms with Gasteiger partial charge in [0.05, 0.1) is 6.54 Å². The Labute approximate surface area is 198 Å². The summed E-state index contributed by atoms with van der Waals surface area (Å²) in [6.45, 7) is 3.53. The van der Waals surface area contributed by atoms with E-state index in [-0.39, 0.29) is 48.2 Å². The van der Waals surface area contributed by atoms with Crippen LogP contribution in [0.3, 0.4) is 0 Å². The van der Waals surface area contributed by atoms with Gasteiger partial charge >= 0.3 is 6.18 Å². The predicted octanol–water partition coefficient (Wildman–Crippen LogP) is 4.06. The second-order valence-electron chi connectivity index (χ2n) is 7.44. The van der Waals surface area contributed by atoms with Crippen LogP contribution in [0, 0.1) is 6.92 Å². The Bertz CT molecular complexity index is 723. The first-order valence-corrected chi connectivity index (χ1v) is 10.4. The van der Waals surface area contributed by atoms with Crippen LogP contribution < -0.4 is 20.7 Å². The molecule has 10 heteroatoms. The van der Waals surface area contributed by atoms with Crippen molar-refractivity contribution in [3.05, 3.63) is 29.3 Å². The Balaban J connectivity index is 0.00000480. The number of guanidine groups is 1. The molecule has 0 bridgehead atoms. The molecular weight excluding hydrogens is 524 g/mol. The van der Waals surface area contributed by atoms with E-state index in [0.29, 0.717) is 31.0 Å². The molecule has 2 rings (SSSR count). The minimum absolute atomic E-state index is 0. The lowest BCUT2D eigenvalue weighted by Gasteiger charge is -2.15. The van der Waals surface area contributed by atoms with E-state index in [4.69, 9.17) is 4.74 Å². The Kier molecular flexibility index (Phi) is 12.0. The number of carbonyl (C=O) groups is 1. The monoisotopic (exact) mass is 556 g/mol. The maximum atomic E-state index is 12.5. The van der Waals surface area contributed by atoms with Gasteiger partial charge in [0.15, 0.2) is 12.6 Å². The second kappa shape index (κ2) is 13.6. The molecule has 0 atom stereocenters. The van der Waals surface area contributed by atoms with E-state index in [1.54, 1.807) is 25.1 Å². The highest BCUT2D eigenvalue weighted by Gasteiger charge is 2.28. The maximum absolute atomic E-state index is 12.5. The van der Waals surface area contributed by atoms with E-state index in [0.717, 1.165) is 31.2 Å². The fourth-order valence-electron chi connectivity index (χ4n) is 3.26. The van der Waals surface area contributed by atoms with Crippen LogP contribution in [0.15, 0.2) is 23.2 Å². The average Bonchev–Trinajstić information content (AvgIpc) is 3.17. The molecule has 0 radical (unpaired) electrons. The van der Waals surface area contributed by atoms with Crippen LogP contribution in [0.5, 0.6) is 5.75 Å². The number of nitrogens with one attached hydrogen (secondary N) is 3. The fourth-order valence-corrected chi connectivity index (χ4v) is 3.26. The van der Waals surface area contributed by atoms with Crippen LogP contribution in [0.2, 0.25) is 0 Å². The molecule has 6 nitrogen and oxygen atoms in total. The van der Waals surface area contributed by atoms with Gasteiger partial charge < -0.3 is 20.7 Å². The first-order valence-electron chi connectivity index (χ1n) is 10.4. The molecule has 1 amide bonds. The average molecular weight is 556 g/mol. The third-order valence-electron chi connectivity index (χ3n) is 4.73. The molecule has 0 aliphatic heterocycles. The molecule has 0 unspecified atom stereocenters. The summed E-state index contributed by atoms with van der Waals surface area (Å²) in [7, 11) is 0. The highest BCUT2D eigenvalue weighted by Crippen LogP contribution is 2.24. The third-order valence-corrected chi connectivity index (χ3v) is 4.73. The van der Waals surface area contributed by atoms with Gasteiger partial charge in [0.2, 0.25) is 5.91 Å². The molecule has 0 aromatic heterocycles. The van der Waals surface area contributed by atoms with Crippen LogP contribution in [0.1, 0.15) is 50.2 Å². The van der Waals surface area contributed by atoms with Crippen molar-refractivity contribution < 1.29 is 22.7 Å². The van der Waals surface area contributed by atoms with Crippen molar-refractivity contribution in [3.8, 4) is 5.75 Å². The van der Waals surface area contributed by atoms with Gasteiger partial charge in [-0.05, 0) is 38.3 Å². The highest BCUT2D eigenvalue weighted by molar-refractivity contribution is 14.0. The van der Waals surface area contributed by atoms with Crippen LogP contribution >= 0.6 is 24.0 Å². The second-order valence-corrected chi connectivity index (χ2v) is 7.44. The van der Waals surface area contributed by atoms with Crippen LogP contribution in [-0.4, -0.2) is 43.8 Å². The first-order chi connectivity index (χ1) is 14.3. The van der Waals surface area contributed by atoms with Gasteiger partial charge in [-0.25, -0.2) is 4.99 Å². The predicted molar refractivity (Wildman–Crippen MR) is 126 cm³/mol. The summed E-state index contributed by atoms with van der Waals surface area (Å²) >= 11 is 0. The van der Waals surface area contributed by atoms with Gasteiger partial charge in [-0.1, -0.05) is 25.0 Å². The van der Waals surface area contributed by atoms with Crippen LogP contribution in [0.25, 0.3) is 0 Å². The van der Waals surface area contributed by atoms with E-state index in [1.807, 2.05) is 6.92 Å². The normalized spacial score (nSPS) is 14.7. The standard InChI is InChI=1S/C21H31F3N4O2.HI/c1-3-25-20(26-11-10-19(29)28-17-6-4-5-7-17)27-13-16-9-8-15(2)12-18(16)30-14-21(22,23)24;/h8-9,12,17H,3-7,10-11,13-14H2,1-2H3,(H,28,29)(H2,25,26,27);1H. The van der Waals surface area contributed by atoms with E-state index < -0.39 is 12.8 Å². The molecule has 1 aliphatic rings. The highest BCUT2D eigenvalue weighted by atomic mass is 127. The molecular formula is C21H32F3IN4O2. The number of alkyl halides is 3. The first kappa shape index (κ1) is 27.3. The number of rotatable bonds is 9. The van der Waals surface area contributed by atoms with Gasteiger partial charge in [0.25, 0.3) is 0 Å². The third kappa shape index (κ3) is 10.9. The number of hydrogen-bond donors (Lipinski definition) is 3. The Morgan fingerprint density at radius 3 is 2.58 bits per heavy atom. The van der Waals surface area contributed by atoms with Crippen molar-refractivity contribution in [2.45, 2.75) is 64.7 Å². The molecule has 0 spiro atoms. The number of nitrogens with zero attached hydrogens (tertiary/aromatic N) is 1. The lowest BCUT2D eigenvalue weighted by molar-refractivity contribution is -0.153. The van der Waals surface area contributed by atoms with Gasteiger partial charge in [0.1, 0.15) is 5.75 Å². The number of hydrogen-bond acceptors (Lipinski definition) is 3. The zero-order valence-corrected chi connectivity index (χ0v) is 20.3. The van der Waals surface area contributed by atoms with Crippen molar-refractivity contribution in [2.75, 3.05) is 19.7 Å². The maximum Gasteiger partial charge on any atom is 0.422 e. The zero-order valence-electron chi connectivity index (χ0n) is 18.0. The molecule has 176 valence electrons. The van der Waals surface area contributed by atoms with E-state index in [1.165, 1.54) is 0 Å². The van der Waals surface area contributed by atoms with Crippen LogP contribution in [0.4, 0.5) is 13.2 Å². The summed E-state index contributed by atoms with van der Waals surface area (Å²) in [6.07, 6.45) is 0.324. The Hall–Kier alpha value is -1.72. The quantitative estimate of drug-likeness (QED) is 0.244.